The van der Waals surface area contributed by atoms with Crippen molar-refractivity contribution >= 4 is 5.91 Å². The van der Waals surface area contributed by atoms with Crippen molar-refractivity contribution in [2.45, 2.75) is 6.42 Å². The molecule has 0 radical (unpaired) electrons. The van der Waals surface area contributed by atoms with Crippen LogP contribution in [0.4, 0.5) is 0 Å². The smallest absolute Gasteiger partial charge is 0.255 e. The van der Waals surface area contributed by atoms with Gasteiger partial charge in [0.2, 0.25) is 0 Å². The van der Waals surface area contributed by atoms with E-state index in [1.54, 1.807) is 12.3 Å². The van der Waals surface area contributed by atoms with Crippen molar-refractivity contribution in [3.05, 3.63) is 24.0 Å². The van der Waals surface area contributed by atoms with E-state index in [1.807, 2.05) is 6.07 Å². The summed E-state index contributed by atoms with van der Waals surface area (Å²) in [6.07, 6.45) is 2.28. The second kappa shape index (κ2) is 5.18. The lowest BCUT2D eigenvalue weighted by molar-refractivity contribution is -0.119. The molecule has 1 rings (SSSR count). The molecule has 0 fully saturated rings. The first-order valence-corrected chi connectivity index (χ1v) is 4.28. The van der Waals surface area contributed by atoms with E-state index in [0.717, 1.165) is 12.1 Å². The van der Waals surface area contributed by atoms with E-state index in [0.29, 0.717) is 12.3 Å². The van der Waals surface area contributed by atoms with E-state index in [2.05, 4.69) is 4.98 Å². The predicted molar refractivity (Wildman–Crippen MR) is 51.7 cm³/mol. The molecule has 1 aromatic rings. The maximum absolute atomic E-state index is 10.4. The molecular formula is C9H13N3O2. The Morgan fingerprint density at radius 3 is 2.79 bits per heavy atom. The van der Waals surface area contributed by atoms with Gasteiger partial charge in [-0.2, -0.15) is 0 Å². The van der Waals surface area contributed by atoms with Gasteiger partial charge in [-0.3, -0.25) is 9.78 Å². The number of pyridine rings is 1. The van der Waals surface area contributed by atoms with E-state index in [1.165, 1.54) is 0 Å². The molecule has 1 aromatic heterocycles. The number of nitrogens with two attached hydrogens (primary N) is 2. The summed E-state index contributed by atoms with van der Waals surface area (Å²) in [5.41, 5.74) is 11.2. The zero-order valence-corrected chi connectivity index (χ0v) is 7.77. The van der Waals surface area contributed by atoms with E-state index < -0.39 is 5.91 Å². The standard InChI is InChI=1S/C9H13N3O2/c10-4-3-7-1-2-8(5-12-7)14-6-9(11)13/h1-2,5H,3-4,6,10H2,(H2,11,13). The highest BCUT2D eigenvalue weighted by Gasteiger charge is 1.98. The second-order valence-electron chi connectivity index (χ2n) is 2.78. The topological polar surface area (TPSA) is 91.2 Å². The van der Waals surface area contributed by atoms with Crippen molar-refractivity contribution in [1.29, 1.82) is 0 Å². The van der Waals surface area contributed by atoms with Crippen LogP contribution in [-0.4, -0.2) is 24.0 Å². The summed E-state index contributed by atoms with van der Waals surface area (Å²) < 4.78 is 5.03. The first-order valence-electron chi connectivity index (χ1n) is 4.28. The number of ether oxygens (including phenoxy) is 1. The molecule has 14 heavy (non-hydrogen) atoms. The van der Waals surface area contributed by atoms with Gasteiger partial charge in [0, 0.05) is 12.1 Å². The Labute approximate surface area is 82.1 Å². The Balaban J connectivity index is 2.50. The predicted octanol–water partition coefficient (Wildman–Crippen LogP) is -0.553. The number of hydrogen-bond donors (Lipinski definition) is 2. The lowest BCUT2D eigenvalue weighted by Gasteiger charge is -2.03. The van der Waals surface area contributed by atoms with Crippen LogP contribution in [-0.2, 0) is 11.2 Å². The minimum absolute atomic E-state index is 0.127. The van der Waals surface area contributed by atoms with Crippen LogP contribution in [0.3, 0.4) is 0 Å². The SMILES string of the molecule is NCCc1ccc(OCC(N)=O)cn1. The molecule has 0 aliphatic heterocycles. The number of nitrogens with zero attached hydrogens (tertiary/aromatic N) is 1. The molecule has 0 aliphatic carbocycles. The summed E-state index contributed by atoms with van der Waals surface area (Å²) in [5, 5.41) is 0. The largest absolute Gasteiger partial charge is 0.482 e. The van der Waals surface area contributed by atoms with Crippen LogP contribution in [0.2, 0.25) is 0 Å². The van der Waals surface area contributed by atoms with Gasteiger partial charge < -0.3 is 16.2 Å². The molecule has 76 valence electrons. The molecule has 1 amide bonds. The first kappa shape index (κ1) is 10.5. The zero-order chi connectivity index (χ0) is 10.4. The van der Waals surface area contributed by atoms with Gasteiger partial charge in [-0.1, -0.05) is 0 Å². The van der Waals surface area contributed by atoms with Gasteiger partial charge in [0.1, 0.15) is 5.75 Å². The number of aromatic nitrogens is 1. The average Bonchev–Trinajstić information content (AvgIpc) is 2.17. The summed E-state index contributed by atoms with van der Waals surface area (Å²) >= 11 is 0. The van der Waals surface area contributed by atoms with E-state index >= 15 is 0 Å². The van der Waals surface area contributed by atoms with E-state index in [-0.39, 0.29) is 6.61 Å². The lowest BCUT2D eigenvalue weighted by atomic mass is 10.3. The van der Waals surface area contributed by atoms with Gasteiger partial charge in [0.05, 0.1) is 6.20 Å². The summed E-state index contributed by atoms with van der Waals surface area (Å²) in [6.45, 7) is 0.437. The lowest BCUT2D eigenvalue weighted by Crippen LogP contribution is -2.20. The van der Waals surface area contributed by atoms with Crippen molar-refractivity contribution in [2.75, 3.05) is 13.2 Å². The highest BCUT2D eigenvalue weighted by atomic mass is 16.5. The van der Waals surface area contributed by atoms with Crippen molar-refractivity contribution in [3.63, 3.8) is 0 Å². The molecule has 0 unspecified atom stereocenters. The highest BCUT2D eigenvalue weighted by molar-refractivity contribution is 5.75. The summed E-state index contributed by atoms with van der Waals surface area (Å²) in [4.78, 5) is 14.5. The third-order valence-corrected chi connectivity index (χ3v) is 1.58. The molecule has 4 N–H and O–H groups in total. The van der Waals surface area contributed by atoms with Crippen LogP contribution in [0.25, 0.3) is 0 Å². The molecule has 0 aromatic carbocycles. The number of primary amides is 1. The van der Waals surface area contributed by atoms with Crippen LogP contribution in [0.15, 0.2) is 18.3 Å². The van der Waals surface area contributed by atoms with Crippen LogP contribution >= 0.6 is 0 Å². The van der Waals surface area contributed by atoms with Crippen molar-refractivity contribution in [3.8, 4) is 5.75 Å². The molecule has 5 heteroatoms. The number of hydrogen-bond acceptors (Lipinski definition) is 4. The molecule has 0 saturated carbocycles. The Kier molecular flexibility index (Phi) is 3.87. The summed E-state index contributed by atoms with van der Waals surface area (Å²) in [7, 11) is 0. The molecule has 1 heterocycles. The van der Waals surface area contributed by atoms with Gasteiger partial charge in [-0.05, 0) is 18.7 Å². The molecule has 0 spiro atoms. The molecular weight excluding hydrogens is 182 g/mol. The van der Waals surface area contributed by atoms with Gasteiger partial charge >= 0.3 is 0 Å². The zero-order valence-electron chi connectivity index (χ0n) is 7.77. The fourth-order valence-electron chi connectivity index (χ4n) is 0.947. The van der Waals surface area contributed by atoms with E-state index in [9.17, 15) is 4.79 Å². The van der Waals surface area contributed by atoms with Crippen LogP contribution < -0.4 is 16.2 Å². The van der Waals surface area contributed by atoms with Gasteiger partial charge in [-0.15, -0.1) is 0 Å². The molecule has 0 aliphatic rings. The Hall–Kier alpha value is -1.62. The molecule has 0 bridgehead atoms. The normalized spacial score (nSPS) is 9.79. The number of carbonyl (C=O) groups excluding carboxylic acids is 1. The average molecular weight is 195 g/mol. The number of rotatable bonds is 5. The van der Waals surface area contributed by atoms with Gasteiger partial charge in [0.15, 0.2) is 6.61 Å². The van der Waals surface area contributed by atoms with Crippen LogP contribution in [0, 0.1) is 0 Å². The van der Waals surface area contributed by atoms with Gasteiger partial charge in [-0.25, -0.2) is 0 Å². The Morgan fingerprint density at radius 2 is 2.29 bits per heavy atom. The summed E-state index contributed by atoms with van der Waals surface area (Å²) in [5.74, 6) is 0.0283. The van der Waals surface area contributed by atoms with Crippen molar-refractivity contribution < 1.29 is 9.53 Å². The monoisotopic (exact) mass is 195 g/mol. The van der Waals surface area contributed by atoms with Crippen LogP contribution in [0.5, 0.6) is 5.75 Å². The molecule has 0 atom stereocenters. The van der Waals surface area contributed by atoms with Crippen LogP contribution in [0.1, 0.15) is 5.69 Å². The second-order valence-corrected chi connectivity index (χ2v) is 2.78. The number of amides is 1. The third kappa shape index (κ3) is 3.40. The maximum atomic E-state index is 10.4. The van der Waals surface area contributed by atoms with E-state index in [4.69, 9.17) is 16.2 Å². The molecule has 5 nitrogen and oxygen atoms in total. The third-order valence-electron chi connectivity index (χ3n) is 1.58. The summed E-state index contributed by atoms with van der Waals surface area (Å²) in [6, 6.07) is 3.55. The number of carbonyl (C=O) groups is 1. The minimum atomic E-state index is -0.504. The van der Waals surface area contributed by atoms with Gasteiger partial charge in [0.25, 0.3) is 5.91 Å². The first-order chi connectivity index (χ1) is 6.72. The van der Waals surface area contributed by atoms with Crippen molar-refractivity contribution in [2.24, 2.45) is 11.5 Å². The maximum Gasteiger partial charge on any atom is 0.255 e. The fraction of sp³-hybridized carbons (Fsp3) is 0.333. The Bertz CT molecular complexity index is 297. The van der Waals surface area contributed by atoms with Crippen molar-refractivity contribution in [1.82, 2.24) is 4.98 Å². The molecule has 0 saturated heterocycles. The minimum Gasteiger partial charge on any atom is -0.482 e. The highest BCUT2D eigenvalue weighted by Crippen LogP contribution is 2.08. The fourth-order valence-corrected chi connectivity index (χ4v) is 0.947. The quantitative estimate of drug-likeness (QED) is 0.659. The Morgan fingerprint density at radius 1 is 1.50 bits per heavy atom.